The van der Waals surface area contributed by atoms with Crippen LogP contribution in [0.4, 0.5) is 0 Å². The van der Waals surface area contributed by atoms with Gasteiger partial charge in [0.2, 0.25) is 0 Å². The molecular formula is C19H31ClN4O. The van der Waals surface area contributed by atoms with Gasteiger partial charge in [0.15, 0.2) is 5.96 Å². The first-order chi connectivity index (χ1) is 12.0. The van der Waals surface area contributed by atoms with E-state index in [2.05, 4.69) is 34.4 Å². The predicted molar refractivity (Wildman–Crippen MR) is 106 cm³/mol. The highest BCUT2D eigenvalue weighted by Crippen LogP contribution is 2.18. The first-order valence-electron chi connectivity index (χ1n) is 9.11. The summed E-state index contributed by atoms with van der Waals surface area (Å²) < 4.78 is 5.88. The minimum atomic E-state index is 0.0137. The number of nitrogens with one attached hydrogen (secondary N) is 2. The number of piperidine rings is 1. The van der Waals surface area contributed by atoms with Gasteiger partial charge in [0, 0.05) is 37.2 Å². The summed E-state index contributed by atoms with van der Waals surface area (Å²) in [5.74, 6) is 1.62. The highest BCUT2D eigenvalue weighted by molar-refractivity contribution is 6.30. The van der Waals surface area contributed by atoms with Gasteiger partial charge in [0.1, 0.15) is 11.9 Å². The Bertz CT molecular complexity index is 556. The minimum absolute atomic E-state index is 0.0137. The van der Waals surface area contributed by atoms with Crippen molar-refractivity contribution in [3.05, 3.63) is 29.3 Å². The van der Waals surface area contributed by atoms with Crippen molar-refractivity contribution in [1.82, 2.24) is 15.5 Å². The molecule has 1 aromatic rings. The van der Waals surface area contributed by atoms with Gasteiger partial charge in [0.25, 0.3) is 0 Å². The summed E-state index contributed by atoms with van der Waals surface area (Å²) in [6, 6.07) is 8.58. The second kappa shape index (κ2) is 9.88. The molecule has 1 saturated heterocycles. The summed E-state index contributed by atoms with van der Waals surface area (Å²) in [5.41, 5.74) is 0. The van der Waals surface area contributed by atoms with Crippen LogP contribution in [-0.2, 0) is 0 Å². The van der Waals surface area contributed by atoms with E-state index in [9.17, 15) is 0 Å². The van der Waals surface area contributed by atoms with Gasteiger partial charge in [-0.3, -0.25) is 4.99 Å². The Morgan fingerprint density at radius 2 is 2.04 bits per heavy atom. The number of hydrogen-bond acceptors (Lipinski definition) is 3. The molecule has 1 unspecified atom stereocenters. The molecule has 140 valence electrons. The fourth-order valence-corrected chi connectivity index (χ4v) is 3.18. The average Bonchev–Trinajstić information content (AvgIpc) is 2.59. The number of halogens is 1. The van der Waals surface area contributed by atoms with Crippen molar-refractivity contribution in [3.8, 4) is 5.75 Å². The van der Waals surface area contributed by atoms with Crippen LogP contribution in [0.15, 0.2) is 29.3 Å². The lowest BCUT2D eigenvalue weighted by atomic mass is 10.0. The molecule has 1 aliphatic rings. The zero-order chi connectivity index (χ0) is 18.2. The number of likely N-dealkylation sites (tertiary alicyclic amines) is 1. The van der Waals surface area contributed by atoms with Crippen LogP contribution in [0.3, 0.4) is 0 Å². The maximum Gasteiger partial charge on any atom is 0.191 e. The van der Waals surface area contributed by atoms with Crippen molar-refractivity contribution >= 4 is 17.6 Å². The van der Waals surface area contributed by atoms with Gasteiger partial charge in [0.05, 0.1) is 6.54 Å². The fraction of sp³-hybridized carbons (Fsp3) is 0.632. The van der Waals surface area contributed by atoms with Crippen molar-refractivity contribution in [1.29, 1.82) is 0 Å². The zero-order valence-electron chi connectivity index (χ0n) is 15.8. The van der Waals surface area contributed by atoms with Gasteiger partial charge in [-0.15, -0.1) is 0 Å². The fourth-order valence-electron chi connectivity index (χ4n) is 3.00. The third-order valence-electron chi connectivity index (χ3n) is 4.51. The number of benzene rings is 1. The van der Waals surface area contributed by atoms with E-state index < -0.39 is 0 Å². The van der Waals surface area contributed by atoms with Gasteiger partial charge >= 0.3 is 0 Å². The number of rotatable bonds is 6. The number of ether oxygens (including phenoxy) is 1. The summed E-state index contributed by atoms with van der Waals surface area (Å²) in [7, 11) is 1.81. The molecule has 5 nitrogen and oxygen atoms in total. The molecule has 0 amide bonds. The van der Waals surface area contributed by atoms with E-state index in [1.165, 1.54) is 0 Å². The second-order valence-electron chi connectivity index (χ2n) is 6.89. The van der Waals surface area contributed by atoms with Crippen LogP contribution in [0.2, 0.25) is 5.02 Å². The lowest BCUT2D eigenvalue weighted by Crippen LogP contribution is -2.50. The van der Waals surface area contributed by atoms with Crippen LogP contribution >= 0.6 is 11.6 Å². The van der Waals surface area contributed by atoms with E-state index in [1.807, 2.05) is 31.2 Å². The van der Waals surface area contributed by atoms with Crippen molar-refractivity contribution < 1.29 is 4.74 Å². The SMILES string of the molecule is CN=C(NCC(C)Oc1cccc(Cl)c1)NC1CCN(C(C)C)CC1. The highest BCUT2D eigenvalue weighted by Gasteiger charge is 2.21. The second-order valence-corrected chi connectivity index (χ2v) is 7.32. The molecule has 0 saturated carbocycles. The smallest absolute Gasteiger partial charge is 0.191 e. The van der Waals surface area contributed by atoms with Crippen molar-refractivity contribution in [2.24, 2.45) is 4.99 Å². The maximum atomic E-state index is 5.99. The summed E-state index contributed by atoms with van der Waals surface area (Å²) in [4.78, 5) is 6.86. The van der Waals surface area contributed by atoms with Crippen LogP contribution in [0.1, 0.15) is 33.6 Å². The third kappa shape index (κ3) is 6.75. The summed E-state index contributed by atoms with van der Waals surface area (Å²) in [6.45, 7) is 9.51. The Kier molecular flexibility index (Phi) is 7.85. The quantitative estimate of drug-likeness (QED) is 0.599. The first kappa shape index (κ1) is 19.9. The largest absolute Gasteiger partial charge is 0.489 e. The molecule has 2 rings (SSSR count). The Labute approximate surface area is 156 Å². The molecule has 25 heavy (non-hydrogen) atoms. The molecule has 6 heteroatoms. The van der Waals surface area contributed by atoms with Crippen molar-refractivity contribution in [2.75, 3.05) is 26.7 Å². The Morgan fingerprint density at radius 3 is 2.64 bits per heavy atom. The van der Waals surface area contributed by atoms with Crippen molar-refractivity contribution in [2.45, 2.75) is 51.8 Å². The lowest BCUT2D eigenvalue weighted by Gasteiger charge is -2.35. The molecule has 0 aliphatic carbocycles. The average molecular weight is 367 g/mol. The number of aliphatic imine (C=N–C) groups is 1. The molecule has 2 N–H and O–H groups in total. The number of hydrogen-bond donors (Lipinski definition) is 2. The molecule has 0 bridgehead atoms. The van der Waals surface area contributed by atoms with Crippen LogP contribution in [-0.4, -0.2) is 55.7 Å². The van der Waals surface area contributed by atoms with Crippen LogP contribution in [0.25, 0.3) is 0 Å². The van der Waals surface area contributed by atoms with Gasteiger partial charge in [-0.25, -0.2) is 0 Å². The standard InChI is InChI=1S/C19H31ClN4O/c1-14(2)24-10-8-17(9-11-24)23-19(21-4)22-13-15(3)25-18-7-5-6-16(20)12-18/h5-7,12,14-15,17H,8-11,13H2,1-4H3,(H2,21,22,23). The summed E-state index contributed by atoms with van der Waals surface area (Å²) >= 11 is 5.99. The van der Waals surface area contributed by atoms with Crippen molar-refractivity contribution in [3.63, 3.8) is 0 Å². The van der Waals surface area contributed by atoms with Gasteiger partial charge in [-0.05, 0) is 51.8 Å². The molecular weight excluding hydrogens is 336 g/mol. The van der Waals surface area contributed by atoms with E-state index in [4.69, 9.17) is 16.3 Å². The van der Waals surface area contributed by atoms with Gasteiger partial charge in [-0.2, -0.15) is 0 Å². The highest BCUT2D eigenvalue weighted by atomic mass is 35.5. The van der Waals surface area contributed by atoms with Crippen LogP contribution in [0.5, 0.6) is 5.75 Å². The Morgan fingerprint density at radius 1 is 1.32 bits per heavy atom. The molecule has 0 radical (unpaired) electrons. The molecule has 1 aromatic carbocycles. The lowest BCUT2D eigenvalue weighted by molar-refractivity contribution is 0.167. The normalized spacial score (nSPS) is 18.2. The molecule has 0 spiro atoms. The molecule has 0 aromatic heterocycles. The monoisotopic (exact) mass is 366 g/mol. The minimum Gasteiger partial charge on any atom is -0.489 e. The zero-order valence-corrected chi connectivity index (χ0v) is 16.5. The Balaban J connectivity index is 1.73. The molecule has 1 atom stereocenters. The first-order valence-corrected chi connectivity index (χ1v) is 9.49. The molecule has 1 heterocycles. The van der Waals surface area contributed by atoms with E-state index in [1.54, 1.807) is 7.05 Å². The van der Waals surface area contributed by atoms with E-state index >= 15 is 0 Å². The molecule has 1 aliphatic heterocycles. The van der Waals surface area contributed by atoms with Crippen LogP contribution in [0, 0.1) is 0 Å². The number of guanidine groups is 1. The predicted octanol–water partition coefficient (Wildman–Crippen LogP) is 3.15. The Hall–Kier alpha value is -1.46. The number of nitrogens with zero attached hydrogens (tertiary/aromatic N) is 2. The van der Waals surface area contributed by atoms with Gasteiger partial charge in [-0.1, -0.05) is 17.7 Å². The summed E-state index contributed by atoms with van der Waals surface area (Å²) in [6.07, 6.45) is 2.31. The van der Waals surface area contributed by atoms with Gasteiger partial charge < -0.3 is 20.3 Å². The summed E-state index contributed by atoms with van der Waals surface area (Å²) in [5, 5.41) is 7.56. The topological polar surface area (TPSA) is 48.9 Å². The maximum absolute atomic E-state index is 5.99. The van der Waals surface area contributed by atoms with E-state index in [-0.39, 0.29) is 6.10 Å². The van der Waals surface area contributed by atoms with E-state index in [0.717, 1.165) is 37.6 Å². The third-order valence-corrected chi connectivity index (χ3v) is 4.75. The van der Waals surface area contributed by atoms with Crippen LogP contribution < -0.4 is 15.4 Å². The molecule has 1 fully saturated rings. The van der Waals surface area contributed by atoms with E-state index in [0.29, 0.717) is 23.7 Å².